The Morgan fingerprint density at radius 1 is 0.842 bits per heavy atom. The fraction of sp³-hybridized carbons (Fsp3) is 0.0667. The van der Waals surface area contributed by atoms with Gasteiger partial charge in [-0.05, 0) is 47.5 Å². The lowest BCUT2D eigenvalue weighted by Crippen LogP contribution is -1.87. The number of nitrogens with one attached hydrogen (secondary N) is 1. The molecule has 0 aliphatic rings. The number of hydrogen-bond acceptors (Lipinski definition) is 4. The van der Waals surface area contributed by atoms with Gasteiger partial charge in [0.25, 0.3) is 0 Å². The molecule has 0 heterocycles. The van der Waals surface area contributed by atoms with Crippen LogP contribution in [0.4, 0.5) is 5.69 Å². The number of phenolic OH excluding ortho intramolecular Hbond substituents is 1. The summed E-state index contributed by atoms with van der Waals surface area (Å²) < 4.78 is 0. The summed E-state index contributed by atoms with van der Waals surface area (Å²) in [6, 6.07) is 14.7. The third kappa shape index (κ3) is 3.96. The van der Waals surface area contributed by atoms with Gasteiger partial charge in [0.2, 0.25) is 0 Å². The molecule has 19 heavy (non-hydrogen) atoms. The molecule has 96 valence electrons. The molecule has 0 bridgehead atoms. The number of hydrogen-bond donors (Lipinski definition) is 2. The normalized spacial score (nSPS) is 11.2. The predicted molar refractivity (Wildman–Crippen MR) is 79.3 cm³/mol. The van der Waals surface area contributed by atoms with Crippen molar-refractivity contribution in [3.63, 3.8) is 0 Å². The largest absolute Gasteiger partial charge is 0.508 e. The molecule has 0 unspecified atom stereocenters. The maximum atomic E-state index is 9.14. The van der Waals surface area contributed by atoms with Crippen LogP contribution < -0.4 is 5.32 Å². The van der Waals surface area contributed by atoms with Crippen molar-refractivity contribution in [1.82, 2.24) is 0 Å². The summed E-state index contributed by atoms with van der Waals surface area (Å²) >= 11 is 0. The highest BCUT2D eigenvalue weighted by Crippen LogP contribution is 2.08. The molecule has 0 atom stereocenters. The summed E-state index contributed by atoms with van der Waals surface area (Å²) in [5, 5.41) is 20.1. The molecule has 0 radical (unpaired) electrons. The molecule has 0 spiro atoms. The zero-order valence-corrected chi connectivity index (χ0v) is 10.6. The van der Waals surface area contributed by atoms with Crippen molar-refractivity contribution >= 4 is 18.1 Å². The van der Waals surface area contributed by atoms with E-state index in [1.165, 1.54) is 0 Å². The second kappa shape index (κ2) is 6.35. The van der Waals surface area contributed by atoms with E-state index in [0.29, 0.717) is 0 Å². The van der Waals surface area contributed by atoms with Crippen molar-refractivity contribution in [2.24, 2.45) is 10.2 Å². The van der Waals surface area contributed by atoms with Gasteiger partial charge in [0.15, 0.2) is 0 Å². The zero-order chi connectivity index (χ0) is 13.5. The average molecular weight is 253 g/mol. The van der Waals surface area contributed by atoms with Gasteiger partial charge in [-0.15, -0.1) is 0 Å². The van der Waals surface area contributed by atoms with E-state index in [0.717, 1.165) is 16.8 Å². The highest BCUT2D eigenvalue weighted by atomic mass is 16.3. The summed E-state index contributed by atoms with van der Waals surface area (Å²) in [5.41, 5.74) is 2.94. The second-order valence-electron chi connectivity index (χ2n) is 3.95. The molecule has 0 aromatic heterocycles. The highest BCUT2D eigenvalue weighted by Gasteiger charge is 1.89. The van der Waals surface area contributed by atoms with Gasteiger partial charge in [0.1, 0.15) is 5.75 Å². The maximum absolute atomic E-state index is 9.14. The van der Waals surface area contributed by atoms with Crippen LogP contribution in [-0.2, 0) is 0 Å². The molecule has 0 aliphatic carbocycles. The molecular weight excluding hydrogens is 238 g/mol. The Morgan fingerprint density at radius 2 is 1.32 bits per heavy atom. The van der Waals surface area contributed by atoms with Crippen molar-refractivity contribution in [3.05, 3.63) is 59.7 Å². The Morgan fingerprint density at radius 3 is 1.79 bits per heavy atom. The molecule has 4 heteroatoms. The van der Waals surface area contributed by atoms with Gasteiger partial charge in [-0.25, -0.2) is 0 Å². The summed E-state index contributed by atoms with van der Waals surface area (Å²) in [6.45, 7) is 0. The Bertz CT molecular complexity index is 571. The zero-order valence-electron chi connectivity index (χ0n) is 10.6. The van der Waals surface area contributed by atoms with Crippen LogP contribution in [0.3, 0.4) is 0 Å². The third-order valence-electron chi connectivity index (χ3n) is 2.57. The van der Waals surface area contributed by atoms with Crippen LogP contribution in [-0.4, -0.2) is 24.6 Å². The quantitative estimate of drug-likeness (QED) is 0.650. The molecule has 2 N–H and O–H groups in total. The van der Waals surface area contributed by atoms with Crippen LogP contribution in [0.5, 0.6) is 5.75 Å². The number of aromatic hydroxyl groups is 1. The Kier molecular flexibility index (Phi) is 4.29. The third-order valence-corrected chi connectivity index (χ3v) is 2.57. The molecule has 0 amide bonds. The van der Waals surface area contributed by atoms with Gasteiger partial charge in [0, 0.05) is 12.7 Å². The standard InChI is InChI=1S/C15H15N3O/c1-16-14-6-2-12(3-7-14)10-17-18-11-13-4-8-15(19)9-5-13/h2-11,16,19H,1H3/b17-10+,18-11+. The van der Waals surface area contributed by atoms with Gasteiger partial charge in [0.05, 0.1) is 12.4 Å². The number of anilines is 1. The molecule has 4 nitrogen and oxygen atoms in total. The SMILES string of the molecule is CNc1ccc(/C=N/N=C/c2ccc(O)cc2)cc1. The lowest BCUT2D eigenvalue weighted by atomic mass is 10.2. The minimum absolute atomic E-state index is 0.241. The van der Waals surface area contributed by atoms with E-state index >= 15 is 0 Å². The Labute approximate surface area is 112 Å². The van der Waals surface area contributed by atoms with Crippen molar-refractivity contribution < 1.29 is 5.11 Å². The first kappa shape index (κ1) is 12.8. The van der Waals surface area contributed by atoms with Crippen molar-refractivity contribution in [2.45, 2.75) is 0 Å². The number of nitrogens with zero attached hydrogens (tertiary/aromatic N) is 2. The summed E-state index contributed by atoms with van der Waals surface area (Å²) in [7, 11) is 1.88. The maximum Gasteiger partial charge on any atom is 0.115 e. The minimum Gasteiger partial charge on any atom is -0.508 e. The van der Waals surface area contributed by atoms with E-state index in [9.17, 15) is 0 Å². The summed E-state index contributed by atoms with van der Waals surface area (Å²) in [6.07, 6.45) is 3.33. The van der Waals surface area contributed by atoms with Gasteiger partial charge in [-0.3, -0.25) is 0 Å². The summed E-state index contributed by atoms with van der Waals surface area (Å²) in [5.74, 6) is 0.241. The molecule has 2 aromatic rings. The molecular formula is C15H15N3O. The van der Waals surface area contributed by atoms with Gasteiger partial charge in [-0.2, -0.15) is 10.2 Å². The number of rotatable bonds is 4. The number of phenols is 1. The van der Waals surface area contributed by atoms with Crippen molar-refractivity contribution in [1.29, 1.82) is 0 Å². The second-order valence-corrected chi connectivity index (χ2v) is 3.95. The first-order valence-electron chi connectivity index (χ1n) is 5.91. The molecule has 2 aromatic carbocycles. The molecule has 2 rings (SSSR count). The minimum atomic E-state index is 0.241. The van der Waals surface area contributed by atoms with Crippen LogP contribution >= 0.6 is 0 Å². The van der Waals surface area contributed by atoms with Gasteiger partial charge >= 0.3 is 0 Å². The van der Waals surface area contributed by atoms with Crippen LogP contribution in [0.2, 0.25) is 0 Å². The smallest absolute Gasteiger partial charge is 0.115 e. The first-order chi connectivity index (χ1) is 9.28. The van der Waals surface area contributed by atoms with E-state index in [1.54, 1.807) is 36.7 Å². The van der Waals surface area contributed by atoms with E-state index in [-0.39, 0.29) is 5.75 Å². The molecule has 0 fully saturated rings. The fourth-order valence-electron chi connectivity index (χ4n) is 1.50. The van der Waals surface area contributed by atoms with Crippen LogP contribution in [0, 0.1) is 0 Å². The number of benzene rings is 2. The van der Waals surface area contributed by atoms with Crippen LogP contribution in [0.1, 0.15) is 11.1 Å². The molecule has 0 saturated carbocycles. The van der Waals surface area contributed by atoms with Crippen LogP contribution in [0.25, 0.3) is 0 Å². The van der Waals surface area contributed by atoms with Crippen molar-refractivity contribution in [3.8, 4) is 5.75 Å². The van der Waals surface area contributed by atoms with Crippen molar-refractivity contribution in [2.75, 3.05) is 12.4 Å². The summed E-state index contributed by atoms with van der Waals surface area (Å²) in [4.78, 5) is 0. The van der Waals surface area contributed by atoms with Crippen LogP contribution in [0.15, 0.2) is 58.7 Å². The highest BCUT2D eigenvalue weighted by molar-refractivity contribution is 5.83. The monoisotopic (exact) mass is 253 g/mol. The van der Waals surface area contributed by atoms with E-state index < -0.39 is 0 Å². The van der Waals surface area contributed by atoms with E-state index in [4.69, 9.17) is 5.11 Å². The molecule has 0 aliphatic heterocycles. The van der Waals surface area contributed by atoms with Gasteiger partial charge in [-0.1, -0.05) is 12.1 Å². The Hall–Kier alpha value is -2.62. The lowest BCUT2D eigenvalue weighted by molar-refractivity contribution is 0.475. The average Bonchev–Trinajstić information content (AvgIpc) is 2.46. The first-order valence-corrected chi connectivity index (χ1v) is 5.91. The van der Waals surface area contributed by atoms with E-state index in [2.05, 4.69) is 15.5 Å². The fourth-order valence-corrected chi connectivity index (χ4v) is 1.50. The predicted octanol–water partition coefficient (Wildman–Crippen LogP) is 2.89. The molecule has 0 saturated heterocycles. The van der Waals surface area contributed by atoms with E-state index in [1.807, 2.05) is 31.3 Å². The lowest BCUT2D eigenvalue weighted by Gasteiger charge is -1.98. The Balaban J connectivity index is 1.96. The van der Waals surface area contributed by atoms with Gasteiger partial charge < -0.3 is 10.4 Å². The topological polar surface area (TPSA) is 57.0 Å².